The molecule has 13 heteroatoms. The van der Waals surface area contributed by atoms with E-state index in [1.165, 1.54) is 23.5 Å². The molecule has 8 nitrogen and oxygen atoms in total. The van der Waals surface area contributed by atoms with E-state index >= 15 is 0 Å². The molecule has 0 saturated carbocycles. The van der Waals surface area contributed by atoms with Crippen molar-refractivity contribution in [3.8, 4) is 0 Å². The van der Waals surface area contributed by atoms with Crippen molar-refractivity contribution in [3.05, 3.63) is 0 Å². The second-order valence-electron chi connectivity index (χ2n) is 1.33. The Morgan fingerprint density at radius 2 is 0.941 bits per heavy atom. The maximum Gasteiger partial charge on any atom is 1.00 e. The van der Waals surface area contributed by atoms with E-state index in [1.54, 1.807) is 0 Å². The average Bonchev–Trinajstić information content (AvgIpc) is 1.79. The van der Waals surface area contributed by atoms with Crippen LogP contribution in [0.4, 0.5) is 0 Å². The van der Waals surface area contributed by atoms with Crippen LogP contribution in [0.25, 0.3) is 0 Å². The van der Waals surface area contributed by atoms with Crippen LogP contribution in [0.1, 0.15) is 1.43 Å². The van der Waals surface area contributed by atoms with E-state index in [4.69, 9.17) is 11.5 Å². The maximum atomic E-state index is 5.23. The first-order chi connectivity index (χ1) is 4.63. The quantitative estimate of drug-likeness (QED) is 0.286. The number of nitrogens with two attached hydrogens (primary N) is 2. The largest absolute Gasteiger partial charge is 1.00 e. The summed E-state index contributed by atoms with van der Waals surface area (Å²) in [6, 6.07) is 0. The summed E-state index contributed by atoms with van der Waals surface area (Å²) in [6.45, 7) is 0. The zero-order valence-electron chi connectivity index (χ0n) is 10.2. The number of hydrogen-bond acceptors (Lipinski definition) is 4. The molecule has 0 bridgehead atoms. The second-order valence-corrected chi connectivity index (χ2v) is 5.00. The van der Waals surface area contributed by atoms with E-state index in [0.717, 1.165) is 11.5 Å². The van der Waals surface area contributed by atoms with E-state index < -0.39 is 0 Å². The normalized spacial score (nSPS) is 5.41. The summed E-state index contributed by atoms with van der Waals surface area (Å²) in [5.41, 5.74) is 10.5. The molecule has 0 saturated heterocycles. The van der Waals surface area contributed by atoms with Gasteiger partial charge in [-0.2, -0.15) is 0 Å². The molecule has 0 aromatic carbocycles. The molecule has 0 aromatic heterocycles. The Kier molecular flexibility index (Phi) is 109. The second kappa shape index (κ2) is 36.0. The van der Waals surface area contributed by atoms with Crippen LogP contribution in [-0.4, -0.2) is 53.0 Å². The molecular weight excluding hydrogens is 323 g/mol. The summed E-state index contributed by atoms with van der Waals surface area (Å²) in [7, 11) is 0. The first kappa shape index (κ1) is 51.7. The van der Waals surface area contributed by atoms with Crippen molar-refractivity contribution >= 4 is 56.6 Å². The van der Waals surface area contributed by atoms with Gasteiger partial charge in [0.1, 0.15) is 8.64 Å². The molecule has 0 rings (SSSR count). The third-order valence-electron chi connectivity index (χ3n) is 0.572. The van der Waals surface area contributed by atoms with Gasteiger partial charge >= 0.3 is 29.6 Å². The number of thiocarbonyl (C=S) groups is 2. The van der Waals surface area contributed by atoms with E-state index in [1.807, 2.05) is 0 Å². The zero-order chi connectivity index (χ0) is 7.98. The smallest absolute Gasteiger partial charge is 1.00 e. The number of hydrogen-bond donors (Lipinski definition) is 2. The third-order valence-corrected chi connectivity index (χ3v) is 2.92. The Labute approximate surface area is 142 Å². The minimum absolute atomic E-state index is 0. The molecule has 0 aliphatic heterocycles. The van der Waals surface area contributed by atoms with E-state index in [0.29, 0.717) is 8.64 Å². The summed E-state index contributed by atoms with van der Waals surface area (Å²) >= 11 is 12.2. The minimum atomic E-state index is 0. The van der Waals surface area contributed by atoms with Crippen molar-refractivity contribution < 1.29 is 63.8 Å². The van der Waals surface area contributed by atoms with Gasteiger partial charge in [0.25, 0.3) is 0 Å². The van der Waals surface area contributed by atoms with Crippen LogP contribution in [0.2, 0.25) is 0 Å². The fourth-order valence-corrected chi connectivity index (χ4v) is 1.85. The summed E-state index contributed by atoms with van der Waals surface area (Å²) in [5.74, 6) is 1.74. The van der Waals surface area contributed by atoms with E-state index in [9.17, 15) is 0 Å². The first-order valence-corrected chi connectivity index (χ1v) is 5.26. The molecule has 0 spiro atoms. The van der Waals surface area contributed by atoms with Crippen molar-refractivity contribution in [2.24, 2.45) is 11.5 Å². The standard InChI is InChI=1S/C4H8N2S4.Na.6H2O.H/c5-3(7)9-1-2-10-4(6)8;;;;;;;;/h1-2H2,(H2,5,7)(H2,6,8);;6*1H2;/q;+1;;;;;;;-1. The Morgan fingerprint density at radius 1 is 0.765 bits per heavy atom. The molecule has 0 atom stereocenters. The predicted molar refractivity (Wildman–Crippen MR) is 81.3 cm³/mol. The summed E-state index contributed by atoms with van der Waals surface area (Å²) in [5, 5.41) is 0. The SMILES string of the molecule is NC(=S)SCCSC(N)=S.O.O.O.O.O.O.[H-].[Na+]. The first-order valence-electron chi connectivity index (χ1n) is 2.47. The third kappa shape index (κ3) is 59.0. The van der Waals surface area contributed by atoms with Gasteiger partial charge in [-0.05, 0) is 0 Å². The zero-order valence-corrected chi connectivity index (χ0v) is 14.5. The van der Waals surface area contributed by atoms with Crippen LogP contribution in [-0.2, 0) is 0 Å². The molecule has 0 aliphatic carbocycles. The van der Waals surface area contributed by atoms with Crippen molar-refractivity contribution in [1.82, 2.24) is 0 Å². The molecule has 0 unspecified atom stereocenters. The van der Waals surface area contributed by atoms with Gasteiger partial charge in [-0.25, -0.2) is 0 Å². The van der Waals surface area contributed by atoms with Crippen LogP contribution >= 0.6 is 48.0 Å². The molecule has 0 aromatic rings. The maximum absolute atomic E-state index is 5.23. The van der Waals surface area contributed by atoms with Gasteiger partial charge in [-0.15, -0.1) is 0 Å². The van der Waals surface area contributed by atoms with Crippen LogP contribution in [0, 0.1) is 0 Å². The van der Waals surface area contributed by atoms with E-state index in [2.05, 4.69) is 24.4 Å². The summed E-state index contributed by atoms with van der Waals surface area (Å²) < 4.78 is 0.951. The van der Waals surface area contributed by atoms with Gasteiger partial charge in [0.2, 0.25) is 0 Å². The van der Waals surface area contributed by atoms with Crippen molar-refractivity contribution in [3.63, 3.8) is 0 Å². The van der Waals surface area contributed by atoms with Crippen LogP contribution in [0.3, 0.4) is 0 Å². The fourth-order valence-electron chi connectivity index (χ4n) is 0.285. The van der Waals surface area contributed by atoms with Gasteiger partial charge in [0.15, 0.2) is 0 Å². The number of rotatable bonds is 3. The molecule has 0 radical (unpaired) electrons. The summed E-state index contributed by atoms with van der Waals surface area (Å²) in [6.07, 6.45) is 0. The van der Waals surface area contributed by atoms with Crippen molar-refractivity contribution in [1.29, 1.82) is 0 Å². The van der Waals surface area contributed by atoms with Crippen LogP contribution in [0.5, 0.6) is 0 Å². The van der Waals surface area contributed by atoms with Crippen LogP contribution < -0.4 is 41.0 Å². The Balaban J connectivity index is -0.0000000145. The van der Waals surface area contributed by atoms with Crippen LogP contribution in [0.15, 0.2) is 0 Å². The molecule has 0 heterocycles. The summed E-state index contributed by atoms with van der Waals surface area (Å²) in [4.78, 5) is 0. The van der Waals surface area contributed by atoms with Gasteiger partial charge in [0, 0.05) is 11.5 Å². The van der Waals surface area contributed by atoms with Gasteiger partial charge < -0.3 is 45.8 Å². The van der Waals surface area contributed by atoms with Crippen molar-refractivity contribution in [2.45, 2.75) is 0 Å². The van der Waals surface area contributed by atoms with Gasteiger partial charge in [-0.3, -0.25) is 0 Å². The molecule has 17 heavy (non-hydrogen) atoms. The van der Waals surface area contributed by atoms with E-state index in [-0.39, 0.29) is 63.8 Å². The van der Waals surface area contributed by atoms with Gasteiger partial charge in [0.05, 0.1) is 0 Å². The minimum Gasteiger partial charge on any atom is -1.00 e. The molecule has 0 fully saturated rings. The Morgan fingerprint density at radius 3 is 1.06 bits per heavy atom. The molecule has 16 N–H and O–H groups in total. The molecule has 0 amide bonds. The number of thioether (sulfide) groups is 2. The molecular formula is C4H21N2NaO6S4. The average molecular weight is 344 g/mol. The van der Waals surface area contributed by atoms with Gasteiger partial charge in [-0.1, -0.05) is 48.0 Å². The molecule has 108 valence electrons. The Bertz CT molecular complexity index is 146. The van der Waals surface area contributed by atoms with Crippen molar-refractivity contribution in [2.75, 3.05) is 11.5 Å². The molecule has 0 aliphatic rings. The predicted octanol–water partition coefficient (Wildman–Crippen LogP) is -6.89. The topological polar surface area (TPSA) is 241 Å². The fraction of sp³-hybridized carbons (Fsp3) is 0.500. The monoisotopic (exact) mass is 344 g/mol. The Hall–Kier alpha value is 1.24.